The van der Waals surface area contributed by atoms with Crippen LogP contribution in [0.5, 0.6) is 11.5 Å². The van der Waals surface area contributed by atoms with E-state index in [0.29, 0.717) is 16.5 Å². The van der Waals surface area contributed by atoms with Crippen LogP contribution in [-0.2, 0) is 6.42 Å². The summed E-state index contributed by atoms with van der Waals surface area (Å²) in [7, 11) is 0. The van der Waals surface area contributed by atoms with Gasteiger partial charge in [-0.25, -0.2) is 0 Å². The number of rotatable bonds is 4. The first-order valence-corrected chi connectivity index (χ1v) is 7.20. The lowest BCUT2D eigenvalue weighted by molar-refractivity contribution is 0.470. The topological polar surface area (TPSA) is 35.2 Å². The van der Waals surface area contributed by atoms with Crippen molar-refractivity contribution in [1.29, 1.82) is 0 Å². The van der Waals surface area contributed by atoms with E-state index in [4.69, 9.17) is 33.7 Å². The molecule has 1 atom stereocenters. The van der Waals surface area contributed by atoms with Gasteiger partial charge < -0.3 is 10.5 Å². The van der Waals surface area contributed by atoms with Crippen LogP contribution in [0.3, 0.4) is 0 Å². The predicted octanol–water partition coefficient (Wildman–Crippen LogP) is 4.98. The average Bonchev–Trinajstić information content (AvgIpc) is 2.37. The van der Waals surface area contributed by atoms with Crippen molar-refractivity contribution < 1.29 is 4.74 Å². The lowest BCUT2D eigenvalue weighted by atomic mass is 10.1. The largest absolute Gasteiger partial charge is 0.457 e. The minimum absolute atomic E-state index is 0.0118. The quantitative estimate of drug-likeness (QED) is 0.864. The molecular weight excluding hydrogens is 293 g/mol. The fraction of sp³-hybridized carbons (Fsp3) is 0.250. The first kappa shape index (κ1) is 15.2. The molecule has 1 unspecified atom stereocenters. The molecule has 0 fully saturated rings. The van der Waals surface area contributed by atoms with Crippen molar-refractivity contribution in [2.75, 3.05) is 0 Å². The van der Waals surface area contributed by atoms with Crippen molar-refractivity contribution in [2.45, 2.75) is 26.3 Å². The second-order valence-corrected chi connectivity index (χ2v) is 5.75. The van der Waals surface area contributed by atoms with Gasteiger partial charge in [-0.2, -0.15) is 0 Å². The van der Waals surface area contributed by atoms with E-state index in [9.17, 15) is 0 Å². The molecule has 0 spiro atoms. The Morgan fingerprint density at radius 2 is 1.90 bits per heavy atom. The molecule has 2 aromatic rings. The Labute approximate surface area is 129 Å². The Balaban J connectivity index is 2.38. The van der Waals surface area contributed by atoms with Crippen LogP contribution in [0.2, 0.25) is 10.0 Å². The van der Waals surface area contributed by atoms with E-state index in [2.05, 4.69) is 0 Å². The molecule has 20 heavy (non-hydrogen) atoms. The Bertz CT molecular complexity index is 611. The maximum Gasteiger partial charge on any atom is 0.132 e. The van der Waals surface area contributed by atoms with E-state index in [1.54, 1.807) is 6.07 Å². The Morgan fingerprint density at radius 3 is 2.60 bits per heavy atom. The van der Waals surface area contributed by atoms with E-state index in [0.717, 1.165) is 22.6 Å². The number of nitrogens with two attached hydrogens (primary N) is 1. The van der Waals surface area contributed by atoms with E-state index in [1.807, 2.05) is 44.2 Å². The molecule has 106 valence electrons. The monoisotopic (exact) mass is 309 g/mol. The molecule has 4 heteroatoms. The molecule has 0 radical (unpaired) electrons. The molecule has 0 bridgehead atoms. The standard InChI is InChI=1S/C16H17Cl2NO/c1-10-6-7-12(17)9-16(10)20-15-5-3-4-14(18)13(15)8-11(2)19/h3-7,9,11H,8,19H2,1-2H3. The molecule has 0 amide bonds. The fourth-order valence-electron chi connectivity index (χ4n) is 1.96. The number of benzene rings is 2. The summed E-state index contributed by atoms with van der Waals surface area (Å²) in [5, 5.41) is 1.31. The van der Waals surface area contributed by atoms with E-state index >= 15 is 0 Å². The molecule has 0 aliphatic rings. The minimum atomic E-state index is 0.0118. The molecule has 2 nitrogen and oxygen atoms in total. The summed E-state index contributed by atoms with van der Waals surface area (Å²) in [4.78, 5) is 0. The van der Waals surface area contributed by atoms with Crippen LogP contribution in [0.15, 0.2) is 36.4 Å². The molecule has 0 aliphatic heterocycles. The zero-order valence-corrected chi connectivity index (χ0v) is 13.0. The highest BCUT2D eigenvalue weighted by atomic mass is 35.5. The Morgan fingerprint density at radius 1 is 1.15 bits per heavy atom. The van der Waals surface area contributed by atoms with Crippen molar-refractivity contribution in [3.05, 3.63) is 57.6 Å². The van der Waals surface area contributed by atoms with Gasteiger partial charge >= 0.3 is 0 Å². The second kappa shape index (κ2) is 6.49. The molecule has 0 heterocycles. The third kappa shape index (κ3) is 3.66. The SMILES string of the molecule is Cc1ccc(Cl)cc1Oc1cccc(Cl)c1CC(C)N. The first-order chi connectivity index (χ1) is 9.47. The molecule has 0 saturated heterocycles. The average molecular weight is 310 g/mol. The van der Waals surface area contributed by atoms with E-state index in [1.165, 1.54) is 0 Å². The van der Waals surface area contributed by atoms with Gasteiger partial charge in [0.2, 0.25) is 0 Å². The Kier molecular flexibility index (Phi) is 4.92. The van der Waals surface area contributed by atoms with Crippen LogP contribution in [-0.4, -0.2) is 6.04 Å². The van der Waals surface area contributed by atoms with Gasteiger partial charge in [-0.1, -0.05) is 35.3 Å². The summed E-state index contributed by atoms with van der Waals surface area (Å²) in [5.41, 5.74) is 7.81. The predicted molar refractivity (Wildman–Crippen MR) is 85.1 cm³/mol. The number of aryl methyl sites for hydroxylation is 1. The van der Waals surface area contributed by atoms with Gasteiger partial charge in [0.05, 0.1) is 0 Å². The molecular formula is C16H17Cl2NO. The lowest BCUT2D eigenvalue weighted by Gasteiger charge is -2.15. The zero-order chi connectivity index (χ0) is 14.7. The van der Waals surface area contributed by atoms with Crippen molar-refractivity contribution in [3.63, 3.8) is 0 Å². The second-order valence-electron chi connectivity index (χ2n) is 4.91. The van der Waals surface area contributed by atoms with Crippen LogP contribution in [0.25, 0.3) is 0 Å². The van der Waals surface area contributed by atoms with Gasteiger partial charge in [0.15, 0.2) is 0 Å². The third-order valence-corrected chi connectivity index (χ3v) is 3.56. The van der Waals surface area contributed by atoms with Crippen molar-refractivity contribution in [1.82, 2.24) is 0 Å². The summed E-state index contributed by atoms with van der Waals surface area (Å²) < 4.78 is 5.98. The highest BCUT2D eigenvalue weighted by Crippen LogP contribution is 2.33. The van der Waals surface area contributed by atoms with E-state index < -0.39 is 0 Å². The van der Waals surface area contributed by atoms with Gasteiger partial charge in [0.25, 0.3) is 0 Å². The maximum atomic E-state index is 6.25. The third-order valence-electron chi connectivity index (χ3n) is 2.97. The lowest BCUT2D eigenvalue weighted by Crippen LogP contribution is -2.18. The maximum absolute atomic E-state index is 6.25. The van der Waals surface area contributed by atoms with Crippen LogP contribution in [0, 0.1) is 6.92 Å². The van der Waals surface area contributed by atoms with Crippen molar-refractivity contribution in [2.24, 2.45) is 5.73 Å². The summed E-state index contributed by atoms with van der Waals surface area (Å²) in [6, 6.07) is 11.2. The van der Waals surface area contributed by atoms with Crippen LogP contribution in [0.4, 0.5) is 0 Å². The normalized spacial score (nSPS) is 12.2. The van der Waals surface area contributed by atoms with Gasteiger partial charge in [-0.3, -0.25) is 0 Å². The molecule has 2 aromatic carbocycles. The summed E-state index contributed by atoms with van der Waals surface area (Å²) in [5.74, 6) is 1.45. The minimum Gasteiger partial charge on any atom is -0.457 e. The highest BCUT2D eigenvalue weighted by molar-refractivity contribution is 6.31. The highest BCUT2D eigenvalue weighted by Gasteiger charge is 2.12. The van der Waals surface area contributed by atoms with Crippen LogP contribution < -0.4 is 10.5 Å². The zero-order valence-electron chi connectivity index (χ0n) is 11.5. The van der Waals surface area contributed by atoms with Crippen molar-refractivity contribution >= 4 is 23.2 Å². The van der Waals surface area contributed by atoms with Crippen LogP contribution >= 0.6 is 23.2 Å². The smallest absolute Gasteiger partial charge is 0.132 e. The molecule has 0 saturated carbocycles. The number of hydrogen-bond acceptors (Lipinski definition) is 2. The number of hydrogen-bond donors (Lipinski definition) is 1. The first-order valence-electron chi connectivity index (χ1n) is 6.44. The Hall–Kier alpha value is -1.22. The number of halogens is 2. The molecule has 0 aliphatic carbocycles. The van der Waals surface area contributed by atoms with Gasteiger partial charge in [-0.15, -0.1) is 0 Å². The van der Waals surface area contributed by atoms with Crippen LogP contribution in [0.1, 0.15) is 18.1 Å². The van der Waals surface area contributed by atoms with Gasteiger partial charge in [-0.05, 0) is 50.1 Å². The fourth-order valence-corrected chi connectivity index (χ4v) is 2.36. The van der Waals surface area contributed by atoms with Gasteiger partial charge in [0, 0.05) is 21.7 Å². The van der Waals surface area contributed by atoms with E-state index in [-0.39, 0.29) is 6.04 Å². The summed E-state index contributed by atoms with van der Waals surface area (Å²) in [6.45, 7) is 3.92. The van der Waals surface area contributed by atoms with Crippen molar-refractivity contribution in [3.8, 4) is 11.5 Å². The molecule has 2 N–H and O–H groups in total. The number of ether oxygens (including phenoxy) is 1. The summed E-state index contributed by atoms with van der Waals surface area (Å²) in [6.07, 6.45) is 0.661. The molecule has 2 rings (SSSR count). The molecule has 0 aromatic heterocycles. The summed E-state index contributed by atoms with van der Waals surface area (Å²) >= 11 is 12.3. The van der Waals surface area contributed by atoms with Gasteiger partial charge in [0.1, 0.15) is 11.5 Å².